The van der Waals surface area contributed by atoms with Gasteiger partial charge in [0.05, 0.1) is 12.1 Å². The SMILES string of the molecule is COCC(C)(CN)N(CCC(C)C)CCC(C)C. The van der Waals surface area contributed by atoms with E-state index in [1.54, 1.807) is 7.11 Å². The Morgan fingerprint density at radius 2 is 1.50 bits per heavy atom. The molecule has 0 radical (unpaired) electrons. The van der Waals surface area contributed by atoms with E-state index in [-0.39, 0.29) is 5.54 Å². The van der Waals surface area contributed by atoms with Gasteiger partial charge in [0, 0.05) is 13.7 Å². The highest BCUT2D eigenvalue weighted by molar-refractivity contribution is 4.87. The van der Waals surface area contributed by atoms with Crippen molar-refractivity contribution < 1.29 is 4.74 Å². The molecule has 0 saturated heterocycles. The van der Waals surface area contributed by atoms with Gasteiger partial charge in [-0.15, -0.1) is 0 Å². The van der Waals surface area contributed by atoms with E-state index in [1.807, 2.05) is 0 Å². The van der Waals surface area contributed by atoms with Crippen molar-refractivity contribution in [1.29, 1.82) is 0 Å². The first-order chi connectivity index (χ1) is 8.35. The monoisotopic (exact) mass is 258 g/mol. The van der Waals surface area contributed by atoms with Crippen LogP contribution in [-0.2, 0) is 4.74 Å². The number of rotatable bonds is 10. The Bertz CT molecular complexity index is 195. The molecule has 1 unspecified atom stereocenters. The molecule has 0 aliphatic carbocycles. The quantitative estimate of drug-likeness (QED) is 0.655. The maximum absolute atomic E-state index is 5.99. The van der Waals surface area contributed by atoms with Crippen LogP contribution in [0.5, 0.6) is 0 Å². The highest BCUT2D eigenvalue weighted by Gasteiger charge is 2.30. The first kappa shape index (κ1) is 17.9. The van der Waals surface area contributed by atoms with Crippen LogP contribution in [0.15, 0.2) is 0 Å². The van der Waals surface area contributed by atoms with Crippen LogP contribution < -0.4 is 5.73 Å². The molecule has 0 aliphatic rings. The zero-order valence-corrected chi connectivity index (χ0v) is 13.3. The number of nitrogens with two attached hydrogens (primary N) is 1. The van der Waals surface area contributed by atoms with Crippen LogP contribution in [0.25, 0.3) is 0 Å². The van der Waals surface area contributed by atoms with Crippen LogP contribution in [0.3, 0.4) is 0 Å². The fraction of sp³-hybridized carbons (Fsp3) is 1.00. The first-order valence-corrected chi connectivity index (χ1v) is 7.29. The van der Waals surface area contributed by atoms with Crippen molar-refractivity contribution in [3.63, 3.8) is 0 Å². The summed E-state index contributed by atoms with van der Waals surface area (Å²) in [4.78, 5) is 2.52. The molecule has 3 heteroatoms. The lowest BCUT2D eigenvalue weighted by Crippen LogP contribution is -2.55. The summed E-state index contributed by atoms with van der Waals surface area (Å²) in [6, 6.07) is 0. The number of hydrogen-bond acceptors (Lipinski definition) is 3. The number of methoxy groups -OCH3 is 1. The van der Waals surface area contributed by atoms with Crippen molar-refractivity contribution in [2.45, 2.75) is 53.0 Å². The van der Waals surface area contributed by atoms with Crippen LogP contribution in [0, 0.1) is 11.8 Å². The van der Waals surface area contributed by atoms with Gasteiger partial charge in [-0.3, -0.25) is 4.90 Å². The molecule has 2 N–H and O–H groups in total. The van der Waals surface area contributed by atoms with E-state index in [1.165, 1.54) is 12.8 Å². The molecule has 0 saturated carbocycles. The summed E-state index contributed by atoms with van der Waals surface area (Å²) < 4.78 is 5.37. The summed E-state index contributed by atoms with van der Waals surface area (Å²) in [6.45, 7) is 14.9. The van der Waals surface area contributed by atoms with Gasteiger partial charge in [-0.2, -0.15) is 0 Å². The van der Waals surface area contributed by atoms with Gasteiger partial charge in [-0.05, 0) is 44.7 Å². The summed E-state index contributed by atoms with van der Waals surface area (Å²) in [5.41, 5.74) is 5.96. The zero-order valence-electron chi connectivity index (χ0n) is 13.3. The normalized spacial score (nSPS) is 15.7. The standard InChI is InChI=1S/C15H34N2O/c1-13(2)7-9-17(10-8-14(3)4)15(5,11-16)12-18-6/h13-14H,7-12,16H2,1-6H3. The van der Waals surface area contributed by atoms with E-state index >= 15 is 0 Å². The van der Waals surface area contributed by atoms with E-state index in [2.05, 4.69) is 39.5 Å². The van der Waals surface area contributed by atoms with Crippen molar-refractivity contribution in [2.75, 3.05) is 33.4 Å². The Kier molecular flexibility index (Phi) is 8.83. The second-order valence-electron chi connectivity index (χ2n) is 6.49. The van der Waals surface area contributed by atoms with E-state index in [9.17, 15) is 0 Å². The third-order valence-electron chi connectivity index (χ3n) is 3.61. The Hall–Kier alpha value is -0.120. The second kappa shape index (κ2) is 8.89. The van der Waals surface area contributed by atoms with Crippen molar-refractivity contribution in [2.24, 2.45) is 17.6 Å². The minimum Gasteiger partial charge on any atom is -0.383 e. The van der Waals surface area contributed by atoms with Crippen molar-refractivity contribution in [1.82, 2.24) is 4.90 Å². The van der Waals surface area contributed by atoms with Crippen LogP contribution in [-0.4, -0.2) is 43.8 Å². The van der Waals surface area contributed by atoms with E-state index in [4.69, 9.17) is 10.5 Å². The molecule has 1 atom stereocenters. The molecule has 0 aromatic carbocycles. The molecule has 0 spiro atoms. The Morgan fingerprint density at radius 3 is 1.78 bits per heavy atom. The molecule has 0 aliphatic heterocycles. The predicted octanol–water partition coefficient (Wildman–Crippen LogP) is 2.74. The van der Waals surface area contributed by atoms with Crippen molar-refractivity contribution in [3.05, 3.63) is 0 Å². The van der Waals surface area contributed by atoms with Crippen LogP contribution >= 0.6 is 0 Å². The molecule has 0 bridgehead atoms. The molecule has 0 aromatic heterocycles. The molecule has 0 aromatic rings. The highest BCUT2D eigenvalue weighted by atomic mass is 16.5. The lowest BCUT2D eigenvalue weighted by atomic mass is 9.98. The molecule has 0 heterocycles. The van der Waals surface area contributed by atoms with Gasteiger partial charge in [0.1, 0.15) is 0 Å². The molecule has 0 amide bonds. The van der Waals surface area contributed by atoms with E-state index in [0.29, 0.717) is 13.2 Å². The summed E-state index contributed by atoms with van der Waals surface area (Å²) >= 11 is 0. The van der Waals surface area contributed by atoms with E-state index in [0.717, 1.165) is 24.9 Å². The van der Waals surface area contributed by atoms with Gasteiger partial charge in [-0.1, -0.05) is 27.7 Å². The minimum absolute atomic E-state index is 0.0292. The third kappa shape index (κ3) is 6.72. The third-order valence-corrected chi connectivity index (χ3v) is 3.61. The van der Waals surface area contributed by atoms with Crippen molar-refractivity contribution >= 4 is 0 Å². The Labute approximate surface area is 114 Å². The van der Waals surface area contributed by atoms with Gasteiger partial charge < -0.3 is 10.5 Å². The van der Waals surface area contributed by atoms with Gasteiger partial charge in [0.15, 0.2) is 0 Å². The van der Waals surface area contributed by atoms with Crippen LogP contribution in [0.2, 0.25) is 0 Å². The van der Waals surface area contributed by atoms with Gasteiger partial charge in [0.25, 0.3) is 0 Å². The molecule has 110 valence electrons. The molecule has 0 rings (SSSR count). The summed E-state index contributed by atoms with van der Waals surface area (Å²) in [6.07, 6.45) is 2.44. The van der Waals surface area contributed by atoms with E-state index < -0.39 is 0 Å². The highest BCUT2D eigenvalue weighted by Crippen LogP contribution is 2.18. The van der Waals surface area contributed by atoms with Gasteiger partial charge in [0.2, 0.25) is 0 Å². The maximum atomic E-state index is 5.99. The Balaban J connectivity index is 4.58. The van der Waals surface area contributed by atoms with Crippen LogP contribution in [0.1, 0.15) is 47.5 Å². The molecule has 18 heavy (non-hydrogen) atoms. The lowest BCUT2D eigenvalue weighted by Gasteiger charge is -2.41. The number of hydrogen-bond donors (Lipinski definition) is 1. The number of ether oxygens (including phenoxy) is 1. The fourth-order valence-corrected chi connectivity index (χ4v) is 2.07. The fourth-order valence-electron chi connectivity index (χ4n) is 2.07. The summed E-state index contributed by atoms with van der Waals surface area (Å²) in [5.74, 6) is 1.47. The molecular weight excluding hydrogens is 224 g/mol. The zero-order chi connectivity index (χ0) is 14.2. The topological polar surface area (TPSA) is 38.5 Å². The number of nitrogens with zero attached hydrogens (tertiary/aromatic N) is 1. The largest absolute Gasteiger partial charge is 0.383 e. The summed E-state index contributed by atoms with van der Waals surface area (Å²) in [5, 5.41) is 0. The summed E-state index contributed by atoms with van der Waals surface area (Å²) in [7, 11) is 1.76. The molecular formula is C15H34N2O. The smallest absolute Gasteiger partial charge is 0.0656 e. The van der Waals surface area contributed by atoms with Crippen molar-refractivity contribution in [3.8, 4) is 0 Å². The second-order valence-corrected chi connectivity index (χ2v) is 6.49. The van der Waals surface area contributed by atoms with Gasteiger partial charge in [-0.25, -0.2) is 0 Å². The maximum Gasteiger partial charge on any atom is 0.0656 e. The van der Waals surface area contributed by atoms with Crippen LogP contribution in [0.4, 0.5) is 0 Å². The van der Waals surface area contributed by atoms with Gasteiger partial charge >= 0.3 is 0 Å². The lowest BCUT2D eigenvalue weighted by molar-refractivity contribution is 0.0215. The predicted molar refractivity (Wildman–Crippen MR) is 79.8 cm³/mol. The molecule has 0 fully saturated rings. The minimum atomic E-state index is -0.0292. The average molecular weight is 258 g/mol. The average Bonchev–Trinajstić information content (AvgIpc) is 2.28. The first-order valence-electron chi connectivity index (χ1n) is 7.29. The molecule has 3 nitrogen and oxygen atoms in total. The Morgan fingerprint density at radius 1 is 1.06 bits per heavy atom.